The molecular weight excluding hydrogens is 1540 g/mol. The molecule has 109 heavy (non-hydrogen) atoms. The Morgan fingerprint density at radius 3 is 0.807 bits per heavy atom. The van der Waals surface area contributed by atoms with Crippen molar-refractivity contribution in [3.05, 3.63) is 245 Å². The number of hydrogen-bond acceptors (Lipinski definition) is 24. The third-order valence-electron chi connectivity index (χ3n) is 16.4. The first kappa shape index (κ1) is 83.1. The largest absolute Gasteiger partial charge is 0.955 e. The summed E-state index contributed by atoms with van der Waals surface area (Å²) in [5.41, 5.74) is 4.99. The van der Waals surface area contributed by atoms with Crippen molar-refractivity contribution < 1.29 is 77.9 Å². The van der Waals surface area contributed by atoms with E-state index in [2.05, 4.69) is 46.1 Å². The SMILES string of the molecule is CCc1nc([C@H](Cc2ccc(NS(=O)(=O)[O][Al]([O]S(=O)(=O)Nc3ccc(C[C@H](NC(=O)[C@H](Cc4ccccc4)NC(=O)OC)c4csc(CC)n4)cc3)[O]S(=O)(=O)Nc3ccc(C[C@H](NC(=O)[C@H](Cc4ccccc4)NC(=O)OC)c4csc(CC)n4)cc3)cc2)NC(=O)[C@H](Cc2ccccc2)NC(=O)OC)cs1. The quantitative estimate of drug-likeness (QED) is 0.0128. The molecule has 9 N–H and O–H groups in total. The maximum atomic E-state index is 14.1. The van der Waals surface area contributed by atoms with Gasteiger partial charge in [-0.1, -0.05) is 148 Å². The Kier molecular flexibility index (Phi) is 30.5. The number of benzene rings is 6. The van der Waals surface area contributed by atoms with Gasteiger partial charge in [-0.2, -0.15) is 25.3 Å². The number of amides is 6. The normalized spacial score (nSPS) is 13.2. The molecule has 0 spiro atoms. The van der Waals surface area contributed by atoms with Crippen LogP contribution >= 0.6 is 34.0 Å². The molecule has 0 aliphatic heterocycles. The summed E-state index contributed by atoms with van der Waals surface area (Å²) < 4.78 is 121. The number of carbonyl (C=O) groups is 6. The van der Waals surface area contributed by atoms with Crippen LogP contribution in [0, 0.1) is 0 Å². The van der Waals surface area contributed by atoms with E-state index in [-0.39, 0.29) is 55.6 Å². The van der Waals surface area contributed by atoms with Crippen molar-refractivity contribution in [3.63, 3.8) is 0 Å². The lowest BCUT2D eigenvalue weighted by atomic mass is 10.0. The van der Waals surface area contributed by atoms with Crippen LogP contribution in [-0.2, 0) is 127 Å². The maximum absolute atomic E-state index is 14.1. The van der Waals surface area contributed by atoms with Crippen LogP contribution in [0.15, 0.2) is 180 Å². The first-order valence-electron chi connectivity index (χ1n) is 34.1. The second-order valence-electron chi connectivity index (χ2n) is 24.3. The van der Waals surface area contributed by atoms with Gasteiger partial charge in [0.2, 0.25) is 17.7 Å². The monoisotopic (exact) mass is 1620 g/mol. The highest BCUT2D eigenvalue weighted by Gasteiger charge is 2.47. The van der Waals surface area contributed by atoms with Crippen molar-refractivity contribution in [3.8, 4) is 0 Å². The van der Waals surface area contributed by atoms with Gasteiger partial charge in [0.05, 0.1) is 88.6 Å². The number of alkyl carbamates (subject to hydrolysis) is 3. The number of thiazole rings is 3. The van der Waals surface area contributed by atoms with E-state index in [1.807, 2.05) is 39.0 Å². The first-order valence-corrected chi connectivity index (χ1v) is 42.3. The van der Waals surface area contributed by atoms with Crippen LogP contribution in [0.25, 0.3) is 0 Å². The summed E-state index contributed by atoms with van der Waals surface area (Å²) >= 11 is -0.941. The molecule has 0 unspecified atom stereocenters. The summed E-state index contributed by atoms with van der Waals surface area (Å²) in [5.74, 6) is -1.65. The van der Waals surface area contributed by atoms with Crippen LogP contribution in [0.2, 0.25) is 0 Å². The third kappa shape index (κ3) is 26.4. The average molecular weight is 1620 g/mol. The molecule has 6 aromatic carbocycles. The van der Waals surface area contributed by atoms with Gasteiger partial charge in [-0.25, -0.2) is 29.3 Å². The van der Waals surface area contributed by atoms with Gasteiger partial charge in [0.1, 0.15) is 18.1 Å². The number of nitrogens with one attached hydrogen (secondary N) is 9. The minimum atomic E-state index is -5.28. The second kappa shape index (κ2) is 40.0. The molecule has 0 aliphatic rings. The van der Waals surface area contributed by atoms with Gasteiger partial charge in [0.15, 0.2) is 0 Å². The van der Waals surface area contributed by atoms with E-state index in [1.165, 1.54) is 128 Å². The zero-order valence-electron chi connectivity index (χ0n) is 59.9. The number of carbonyl (C=O) groups excluding carboxylic acids is 6. The predicted molar refractivity (Wildman–Crippen MR) is 413 cm³/mol. The lowest BCUT2D eigenvalue weighted by Crippen LogP contribution is -2.49. The van der Waals surface area contributed by atoms with E-state index in [0.717, 1.165) is 31.7 Å². The van der Waals surface area contributed by atoms with Crippen LogP contribution in [0.1, 0.15) is 104 Å². The van der Waals surface area contributed by atoms with Gasteiger partial charge in [0.25, 0.3) is 0 Å². The molecule has 0 bridgehead atoms. The molecule has 0 saturated carbocycles. The fourth-order valence-corrected chi connectivity index (χ4v) is 18.9. The minimum absolute atomic E-state index is 0.105. The van der Waals surface area contributed by atoms with Crippen molar-refractivity contribution >= 4 is 133 Å². The van der Waals surface area contributed by atoms with Gasteiger partial charge < -0.3 is 55.8 Å². The van der Waals surface area contributed by atoms with E-state index >= 15 is 0 Å². The number of aryl methyl sites for hydroxylation is 3. The van der Waals surface area contributed by atoms with Crippen molar-refractivity contribution in [2.45, 2.75) is 115 Å². The predicted octanol–water partition coefficient (Wildman–Crippen LogP) is 9.25. The van der Waals surface area contributed by atoms with Crippen LogP contribution in [0.5, 0.6) is 0 Å². The average Bonchev–Trinajstić information content (AvgIpc) is 1.84. The molecule has 30 nitrogen and oxygen atoms in total. The van der Waals surface area contributed by atoms with Crippen LogP contribution in [0.3, 0.4) is 0 Å². The topological polar surface area (TPSA) is 407 Å². The number of aromatic nitrogens is 3. The Labute approximate surface area is 649 Å². The summed E-state index contributed by atoms with van der Waals surface area (Å²) in [6.45, 7) is 5.78. The standard InChI is InChI=1S/3C24H28N4O6S2.Al/c3*1-3-22-25-21(15-35-22)19(13-17-9-11-18(12-10-17)28-36(31,32)33)26-23(29)20(27-24(30)34-2)14-16-7-5-4-6-8-16;/h3*4-12,15,19-20,28H,3,13-14H2,1-2H3,(H,26,29)(H,27,30)(H,31,32,33);/q;;;+3/p-3/t3*19-,20-;/m000./s1. The highest BCUT2D eigenvalue weighted by atomic mass is 32.3. The number of methoxy groups -OCH3 is 3. The number of hydrogen-bond donors (Lipinski definition) is 9. The van der Waals surface area contributed by atoms with Gasteiger partial charge in [-0.15, -0.1) is 34.0 Å². The van der Waals surface area contributed by atoms with E-state index in [4.69, 9.17) is 38.9 Å². The molecule has 9 rings (SSSR count). The van der Waals surface area contributed by atoms with E-state index in [0.29, 0.717) is 53.0 Å². The molecule has 9 aromatic rings. The molecule has 576 valence electrons. The molecule has 3 aromatic heterocycles. The van der Waals surface area contributed by atoms with Gasteiger partial charge >= 0.3 is 64.3 Å². The molecule has 6 atom stereocenters. The fraction of sp³-hybridized carbons (Fsp3) is 0.292. The highest BCUT2D eigenvalue weighted by Crippen LogP contribution is 2.28. The lowest BCUT2D eigenvalue weighted by Gasteiger charge is -2.23. The minimum Gasteiger partial charge on any atom is -0.453 e. The molecule has 0 aliphatic carbocycles. The fourth-order valence-electron chi connectivity index (χ4n) is 10.9. The van der Waals surface area contributed by atoms with Gasteiger partial charge in [0, 0.05) is 35.4 Å². The molecule has 37 heteroatoms. The van der Waals surface area contributed by atoms with Crippen LogP contribution < -0.4 is 46.1 Å². The Morgan fingerprint density at radius 1 is 0.349 bits per heavy atom. The summed E-state index contributed by atoms with van der Waals surface area (Å²) in [4.78, 5) is 93.8. The van der Waals surface area contributed by atoms with Crippen LogP contribution in [0.4, 0.5) is 31.4 Å². The lowest BCUT2D eigenvalue weighted by molar-refractivity contribution is -0.124. The Bertz CT molecular complexity index is 4380. The summed E-state index contributed by atoms with van der Waals surface area (Å²) in [6.07, 6.45) is -0.000311. The van der Waals surface area contributed by atoms with Crippen molar-refractivity contribution in [1.82, 2.24) is 46.9 Å². The van der Waals surface area contributed by atoms with Gasteiger partial charge in [-0.05, 0) is 108 Å². The summed E-state index contributed by atoms with van der Waals surface area (Å²) in [7, 11) is -12.3. The van der Waals surface area contributed by atoms with Crippen molar-refractivity contribution in [2.75, 3.05) is 35.5 Å². The number of anilines is 3. The Balaban J connectivity index is 0.935. The summed E-state index contributed by atoms with van der Waals surface area (Å²) in [5, 5.41) is 24.5. The molecule has 3 heterocycles. The van der Waals surface area contributed by atoms with E-state index < -0.39 is 118 Å². The molecule has 0 radical (unpaired) electrons. The summed E-state index contributed by atoms with van der Waals surface area (Å²) in [6, 6.07) is 38.6. The van der Waals surface area contributed by atoms with E-state index in [1.54, 1.807) is 88.9 Å². The smallest absolute Gasteiger partial charge is 0.453 e. The van der Waals surface area contributed by atoms with E-state index in [9.17, 15) is 54.0 Å². The Hall–Kier alpha value is -9.91. The molecule has 0 fully saturated rings. The highest BCUT2D eigenvalue weighted by molar-refractivity contribution is 7.91. The van der Waals surface area contributed by atoms with Crippen molar-refractivity contribution in [2.24, 2.45) is 0 Å². The first-order chi connectivity index (χ1) is 52.3. The number of ether oxygens (including phenoxy) is 3. The molecule has 0 saturated heterocycles. The zero-order valence-corrected chi connectivity index (χ0v) is 65.9. The molecule has 6 amide bonds. The second-order valence-corrected chi connectivity index (χ2v) is 33.4. The molecular formula is C72H81AlN12O18S6. The maximum Gasteiger partial charge on any atom is 0.955 e. The zero-order chi connectivity index (χ0) is 78.1. The van der Waals surface area contributed by atoms with Crippen LogP contribution in [-0.4, -0.2) is 131 Å². The third-order valence-corrected chi connectivity index (χ3v) is 25.8. The number of nitrogens with zero attached hydrogens (tertiary/aromatic N) is 3. The Morgan fingerprint density at radius 2 is 0.587 bits per heavy atom. The van der Waals surface area contributed by atoms with Gasteiger partial charge in [-0.3, -0.25) is 28.5 Å². The number of rotatable bonds is 39. The van der Waals surface area contributed by atoms with Crippen molar-refractivity contribution in [1.29, 1.82) is 0 Å².